The van der Waals surface area contributed by atoms with Crippen LogP contribution in [0.1, 0.15) is 12.0 Å². The Hall–Kier alpha value is -1.14. The number of aliphatic hydroxyl groups is 1. The maximum Gasteiger partial charge on any atom is 0.119 e. The van der Waals surface area contributed by atoms with Gasteiger partial charge in [-0.05, 0) is 24.1 Å². The van der Waals surface area contributed by atoms with Crippen LogP contribution in [-0.4, -0.2) is 62.7 Å². The van der Waals surface area contributed by atoms with Crippen LogP contribution in [0.15, 0.2) is 24.3 Å². The van der Waals surface area contributed by atoms with Crippen LogP contribution < -0.4 is 4.74 Å². The van der Waals surface area contributed by atoms with Crippen LogP contribution in [-0.2, 0) is 16.0 Å². The number of ether oxygens (including phenoxy) is 3. The van der Waals surface area contributed by atoms with Crippen molar-refractivity contribution in [3.63, 3.8) is 0 Å². The van der Waals surface area contributed by atoms with Gasteiger partial charge in [-0.15, -0.1) is 0 Å². The minimum absolute atomic E-state index is 0.171. The second kappa shape index (κ2) is 8.34. The first-order valence-electron chi connectivity index (χ1n) is 7.35. The van der Waals surface area contributed by atoms with Crippen LogP contribution in [0.3, 0.4) is 0 Å². The highest BCUT2D eigenvalue weighted by atomic mass is 16.5. The summed E-state index contributed by atoms with van der Waals surface area (Å²) in [6.45, 7) is 2.96. The minimum Gasteiger partial charge on any atom is -0.491 e. The molecular formula is C16H25NO4. The van der Waals surface area contributed by atoms with Gasteiger partial charge in [0.05, 0.1) is 19.3 Å². The highest BCUT2D eigenvalue weighted by molar-refractivity contribution is 5.28. The van der Waals surface area contributed by atoms with E-state index in [1.54, 1.807) is 14.2 Å². The van der Waals surface area contributed by atoms with E-state index in [9.17, 15) is 5.11 Å². The van der Waals surface area contributed by atoms with Gasteiger partial charge in [0, 0.05) is 33.4 Å². The molecule has 1 saturated heterocycles. The smallest absolute Gasteiger partial charge is 0.119 e. The van der Waals surface area contributed by atoms with Crippen LogP contribution in [0.2, 0.25) is 0 Å². The molecule has 0 unspecified atom stereocenters. The Morgan fingerprint density at radius 2 is 2.14 bits per heavy atom. The first-order chi connectivity index (χ1) is 10.3. The monoisotopic (exact) mass is 295 g/mol. The number of methoxy groups -OCH3 is 2. The van der Waals surface area contributed by atoms with E-state index in [-0.39, 0.29) is 18.8 Å². The summed E-state index contributed by atoms with van der Waals surface area (Å²) >= 11 is 0. The van der Waals surface area contributed by atoms with Gasteiger partial charge in [-0.1, -0.05) is 12.1 Å². The fourth-order valence-electron chi connectivity index (χ4n) is 2.70. The van der Waals surface area contributed by atoms with E-state index >= 15 is 0 Å². The predicted molar refractivity (Wildman–Crippen MR) is 80.5 cm³/mol. The van der Waals surface area contributed by atoms with Gasteiger partial charge in [-0.2, -0.15) is 0 Å². The lowest BCUT2D eigenvalue weighted by Gasteiger charge is -2.22. The predicted octanol–water partition coefficient (Wildman–Crippen LogP) is 1.29. The molecule has 1 aromatic carbocycles. The summed E-state index contributed by atoms with van der Waals surface area (Å²) in [5.74, 6) is 0.854. The van der Waals surface area contributed by atoms with Crippen molar-refractivity contribution in [1.82, 2.24) is 4.90 Å². The van der Waals surface area contributed by atoms with Crippen molar-refractivity contribution in [2.24, 2.45) is 0 Å². The minimum atomic E-state index is 0.171. The van der Waals surface area contributed by atoms with Crippen molar-refractivity contribution < 1.29 is 19.3 Å². The summed E-state index contributed by atoms with van der Waals surface area (Å²) in [5.41, 5.74) is 1.18. The number of hydrogen-bond donors (Lipinski definition) is 1. The molecule has 0 spiro atoms. The highest BCUT2D eigenvalue weighted by Gasteiger charge is 2.31. The van der Waals surface area contributed by atoms with Crippen molar-refractivity contribution in [2.75, 3.05) is 40.6 Å². The van der Waals surface area contributed by atoms with Crippen LogP contribution in [0.4, 0.5) is 0 Å². The third kappa shape index (κ3) is 4.68. The lowest BCUT2D eigenvalue weighted by Crippen LogP contribution is -2.31. The number of nitrogens with zero attached hydrogens (tertiary/aromatic N) is 1. The summed E-state index contributed by atoms with van der Waals surface area (Å²) in [5, 5.41) is 9.49. The van der Waals surface area contributed by atoms with Crippen molar-refractivity contribution in [2.45, 2.75) is 25.1 Å². The Labute approximate surface area is 126 Å². The lowest BCUT2D eigenvalue weighted by atomic mass is 10.2. The topological polar surface area (TPSA) is 51.2 Å². The number of hydrogen-bond acceptors (Lipinski definition) is 5. The van der Waals surface area contributed by atoms with Crippen molar-refractivity contribution in [3.8, 4) is 5.75 Å². The second-order valence-electron chi connectivity index (χ2n) is 5.35. The van der Waals surface area contributed by atoms with Gasteiger partial charge in [-0.3, -0.25) is 4.90 Å². The largest absolute Gasteiger partial charge is 0.491 e. The lowest BCUT2D eigenvalue weighted by molar-refractivity contribution is 0.107. The molecule has 0 radical (unpaired) electrons. The first kappa shape index (κ1) is 16.2. The molecule has 1 aliphatic rings. The molecule has 0 amide bonds. The second-order valence-corrected chi connectivity index (χ2v) is 5.35. The normalized spacial score (nSPS) is 22.6. The third-order valence-corrected chi connectivity index (χ3v) is 3.87. The van der Waals surface area contributed by atoms with Gasteiger partial charge in [0.25, 0.3) is 0 Å². The summed E-state index contributed by atoms with van der Waals surface area (Å²) in [6, 6.07) is 8.25. The van der Waals surface area contributed by atoms with E-state index < -0.39 is 0 Å². The van der Waals surface area contributed by atoms with Gasteiger partial charge >= 0.3 is 0 Å². The molecule has 1 N–H and O–H groups in total. The highest BCUT2D eigenvalue weighted by Crippen LogP contribution is 2.23. The molecule has 2 rings (SSSR count). The Morgan fingerprint density at radius 1 is 1.29 bits per heavy atom. The van der Waals surface area contributed by atoms with Crippen molar-refractivity contribution >= 4 is 0 Å². The third-order valence-electron chi connectivity index (χ3n) is 3.87. The molecule has 2 atom stereocenters. The van der Waals surface area contributed by atoms with Gasteiger partial charge < -0.3 is 19.3 Å². The molecule has 1 aliphatic heterocycles. The standard InChI is InChI=1S/C16H25NO4/c1-19-6-7-21-15-5-3-4-13(8-15)10-17-11-16(20-2)9-14(17)12-18/h3-5,8,14,16,18H,6-7,9-12H2,1-2H3/t14-,16+/m0/s1. The van der Waals surface area contributed by atoms with Gasteiger partial charge in [0.15, 0.2) is 0 Å². The zero-order valence-electron chi connectivity index (χ0n) is 12.8. The molecule has 5 heteroatoms. The van der Waals surface area contributed by atoms with E-state index in [1.165, 1.54) is 5.56 Å². The fourth-order valence-corrected chi connectivity index (χ4v) is 2.70. The van der Waals surface area contributed by atoms with E-state index in [4.69, 9.17) is 14.2 Å². The van der Waals surface area contributed by atoms with Gasteiger partial charge in [-0.25, -0.2) is 0 Å². The molecule has 21 heavy (non-hydrogen) atoms. The molecule has 5 nitrogen and oxygen atoms in total. The van der Waals surface area contributed by atoms with E-state index in [0.29, 0.717) is 13.2 Å². The van der Waals surface area contributed by atoms with Crippen LogP contribution in [0.5, 0.6) is 5.75 Å². The Bertz CT molecular complexity index is 426. The van der Waals surface area contributed by atoms with Crippen LogP contribution in [0.25, 0.3) is 0 Å². The first-order valence-corrected chi connectivity index (χ1v) is 7.35. The van der Waals surface area contributed by atoms with Crippen molar-refractivity contribution in [1.29, 1.82) is 0 Å². The summed E-state index contributed by atoms with van der Waals surface area (Å²) in [6.07, 6.45) is 1.10. The maximum atomic E-state index is 9.49. The number of aliphatic hydroxyl groups excluding tert-OH is 1. The molecular weight excluding hydrogens is 270 g/mol. The van der Waals surface area contributed by atoms with E-state index in [2.05, 4.69) is 11.0 Å². The number of benzene rings is 1. The number of likely N-dealkylation sites (tertiary alicyclic amines) is 1. The zero-order chi connectivity index (χ0) is 15.1. The van der Waals surface area contributed by atoms with Crippen molar-refractivity contribution in [3.05, 3.63) is 29.8 Å². The molecule has 118 valence electrons. The quantitative estimate of drug-likeness (QED) is 0.733. The van der Waals surface area contributed by atoms with Gasteiger partial charge in [0.1, 0.15) is 12.4 Å². The van der Waals surface area contributed by atoms with E-state index in [1.807, 2.05) is 18.2 Å². The average Bonchev–Trinajstić information content (AvgIpc) is 2.90. The van der Waals surface area contributed by atoms with E-state index in [0.717, 1.165) is 25.3 Å². The fraction of sp³-hybridized carbons (Fsp3) is 0.625. The molecule has 0 bridgehead atoms. The summed E-state index contributed by atoms with van der Waals surface area (Å²) < 4.78 is 16.0. The van der Waals surface area contributed by atoms with Crippen LogP contribution in [0, 0.1) is 0 Å². The molecule has 1 aromatic rings. The summed E-state index contributed by atoms with van der Waals surface area (Å²) in [4.78, 5) is 2.27. The molecule has 0 aliphatic carbocycles. The Morgan fingerprint density at radius 3 is 2.86 bits per heavy atom. The molecule has 0 aromatic heterocycles. The zero-order valence-corrected chi connectivity index (χ0v) is 12.8. The average molecular weight is 295 g/mol. The van der Waals surface area contributed by atoms with Crippen LogP contribution >= 0.6 is 0 Å². The molecule has 1 heterocycles. The Kier molecular flexibility index (Phi) is 6.45. The number of rotatable bonds is 8. The molecule has 1 fully saturated rings. The SMILES string of the molecule is COCCOc1cccc(CN2C[C@H](OC)C[C@H]2CO)c1. The molecule has 0 saturated carbocycles. The Balaban J connectivity index is 1.94. The maximum absolute atomic E-state index is 9.49. The summed E-state index contributed by atoms with van der Waals surface area (Å²) in [7, 11) is 3.39. The van der Waals surface area contributed by atoms with Gasteiger partial charge in [0.2, 0.25) is 0 Å².